The van der Waals surface area contributed by atoms with Crippen LogP contribution in [0.4, 0.5) is 0 Å². The SMILES string of the molecule is O=C(NCc1ccccc1)C(=O)NC[C@H]1OCCCN1S(=O)(=O)c1ccc2c(c1)OCCO2. The third-order valence-corrected chi connectivity index (χ3v) is 7.10. The fourth-order valence-electron chi connectivity index (χ4n) is 3.54. The number of hydrogen-bond acceptors (Lipinski definition) is 7. The monoisotopic (exact) mass is 475 g/mol. The van der Waals surface area contributed by atoms with Crippen LogP contribution in [-0.2, 0) is 30.9 Å². The lowest BCUT2D eigenvalue weighted by atomic mass is 10.2. The number of hydrogen-bond donors (Lipinski definition) is 2. The summed E-state index contributed by atoms with van der Waals surface area (Å²) in [6.45, 7) is 1.34. The minimum absolute atomic E-state index is 0.0363. The second kappa shape index (κ2) is 10.2. The average molecular weight is 476 g/mol. The van der Waals surface area contributed by atoms with Gasteiger partial charge in [-0.1, -0.05) is 30.3 Å². The fourth-order valence-corrected chi connectivity index (χ4v) is 5.12. The Hall–Kier alpha value is -3.15. The van der Waals surface area contributed by atoms with Crippen LogP contribution in [0.15, 0.2) is 53.4 Å². The molecule has 1 fully saturated rings. The molecule has 0 radical (unpaired) electrons. The van der Waals surface area contributed by atoms with Crippen LogP contribution in [0.1, 0.15) is 12.0 Å². The molecular weight excluding hydrogens is 450 g/mol. The summed E-state index contributed by atoms with van der Waals surface area (Å²) in [5.41, 5.74) is 0.853. The van der Waals surface area contributed by atoms with Gasteiger partial charge in [0.1, 0.15) is 19.4 Å². The van der Waals surface area contributed by atoms with E-state index in [2.05, 4.69) is 10.6 Å². The van der Waals surface area contributed by atoms with Crippen molar-refractivity contribution in [1.82, 2.24) is 14.9 Å². The van der Waals surface area contributed by atoms with Crippen molar-refractivity contribution in [3.05, 3.63) is 54.1 Å². The van der Waals surface area contributed by atoms with Crippen LogP contribution in [0.25, 0.3) is 0 Å². The summed E-state index contributed by atoms with van der Waals surface area (Å²) in [5, 5.41) is 5.00. The van der Waals surface area contributed by atoms with E-state index in [1.807, 2.05) is 30.3 Å². The second-order valence-corrected chi connectivity index (χ2v) is 9.37. The van der Waals surface area contributed by atoms with E-state index in [9.17, 15) is 18.0 Å². The Morgan fingerprint density at radius 2 is 1.67 bits per heavy atom. The first-order valence-corrected chi connectivity index (χ1v) is 12.0. The second-order valence-electron chi connectivity index (χ2n) is 7.48. The normalized spacial score (nSPS) is 18.4. The van der Waals surface area contributed by atoms with Gasteiger partial charge < -0.3 is 24.8 Å². The van der Waals surface area contributed by atoms with Crippen LogP contribution in [-0.4, -0.2) is 63.7 Å². The molecule has 4 rings (SSSR count). The molecule has 176 valence electrons. The lowest BCUT2D eigenvalue weighted by Crippen LogP contribution is -2.53. The van der Waals surface area contributed by atoms with Crippen molar-refractivity contribution in [2.45, 2.75) is 24.1 Å². The maximum Gasteiger partial charge on any atom is 0.309 e. The molecule has 2 N–H and O–H groups in total. The number of nitrogens with one attached hydrogen (secondary N) is 2. The predicted molar refractivity (Wildman–Crippen MR) is 117 cm³/mol. The van der Waals surface area contributed by atoms with Crippen molar-refractivity contribution < 1.29 is 32.2 Å². The fraction of sp³-hybridized carbons (Fsp3) is 0.364. The van der Waals surface area contributed by atoms with E-state index in [4.69, 9.17) is 14.2 Å². The zero-order chi connectivity index (χ0) is 23.3. The molecule has 11 heteroatoms. The Kier molecular flexibility index (Phi) is 7.11. The highest BCUT2D eigenvalue weighted by Gasteiger charge is 2.35. The molecule has 2 aliphatic heterocycles. The van der Waals surface area contributed by atoms with Crippen molar-refractivity contribution in [3.8, 4) is 11.5 Å². The Labute approximate surface area is 191 Å². The van der Waals surface area contributed by atoms with Crippen molar-refractivity contribution in [2.75, 3.05) is 32.9 Å². The summed E-state index contributed by atoms with van der Waals surface area (Å²) in [6.07, 6.45) is -0.436. The number of fused-ring (bicyclic) bond motifs is 1. The quantitative estimate of drug-likeness (QED) is 0.588. The van der Waals surface area contributed by atoms with Gasteiger partial charge in [-0.2, -0.15) is 4.31 Å². The van der Waals surface area contributed by atoms with E-state index < -0.39 is 28.1 Å². The summed E-state index contributed by atoms with van der Waals surface area (Å²) in [4.78, 5) is 24.4. The highest BCUT2D eigenvalue weighted by atomic mass is 32.2. The Morgan fingerprint density at radius 3 is 2.45 bits per heavy atom. The molecule has 0 aromatic heterocycles. The lowest BCUT2D eigenvalue weighted by Gasteiger charge is -2.34. The smallest absolute Gasteiger partial charge is 0.309 e. The summed E-state index contributed by atoms with van der Waals surface area (Å²) in [7, 11) is -3.94. The number of benzene rings is 2. The van der Waals surface area contributed by atoms with Crippen LogP contribution in [0, 0.1) is 0 Å². The summed E-state index contributed by atoms with van der Waals surface area (Å²) in [5.74, 6) is -0.826. The molecule has 10 nitrogen and oxygen atoms in total. The number of carbonyl (C=O) groups is 2. The van der Waals surface area contributed by atoms with Gasteiger partial charge in [-0.25, -0.2) is 8.42 Å². The van der Waals surface area contributed by atoms with E-state index in [0.29, 0.717) is 37.7 Å². The molecular formula is C22H25N3O7S. The van der Waals surface area contributed by atoms with Crippen LogP contribution in [0.2, 0.25) is 0 Å². The molecule has 2 aliphatic rings. The van der Waals surface area contributed by atoms with E-state index >= 15 is 0 Å². The van der Waals surface area contributed by atoms with Crippen molar-refractivity contribution >= 4 is 21.8 Å². The Bertz CT molecular complexity index is 1110. The van der Waals surface area contributed by atoms with Gasteiger partial charge in [0.15, 0.2) is 11.5 Å². The van der Waals surface area contributed by atoms with Gasteiger partial charge >= 0.3 is 11.8 Å². The highest BCUT2D eigenvalue weighted by molar-refractivity contribution is 7.89. The first-order valence-electron chi connectivity index (χ1n) is 10.6. The van der Waals surface area contributed by atoms with Gasteiger partial charge in [0.05, 0.1) is 18.0 Å². The number of ether oxygens (including phenoxy) is 3. The maximum atomic E-state index is 13.3. The topological polar surface area (TPSA) is 123 Å². The number of nitrogens with zero attached hydrogens (tertiary/aromatic N) is 1. The average Bonchev–Trinajstić information content (AvgIpc) is 2.86. The predicted octanol–water partition coefficient (Wildman–Crippen LogP) is 0.627. The Morgan fingerprint density at radius 1 is 0.939 bits per heavy atom. The lowest BCUT2D eigenvalue weighted by molar-refractivity contribution is -0.140. The first kappa shape index (κ1) is 23.0. The maximum absolute atomic E-state index is 13.3. The number of rotatable bonds is 6. The number of amides is 2. The zero-order valence-corrected chi connectivity index (χ0v) is 18.7. The molecule has 1 atom stereocenters. The van der Waals surface area contributed by atoms with E-state index in [1.54, 1.807) is 6.07 Å². The molecule has 33 heavy (non-hydrogen) atoms. The van der Waals surface area contributed by atoms with E-state index in [0.717, 1.165) is 5.56 Å². The first-order chi connectivity index (χ1) is 15.9. The number of carbonyl (C=O) groups excluding carboxylic acids is 2. The summed E-state index contributed by atoms with van der Waals surface area (Å²) >= 11 is 0. The van der Waals surface area contributed by atoms with Crippen LogP contribution < -0.4 is 20.1 Å². The highest BCUT2D eigenvalue weighted by Crippen LogP contribution is 2.34. The van der Waals surface area contributed by atoms with Crippen molar-refractivity contribution in [1.29, 1.82) is 0 Å². The largest absolute Gasteiger partial charge is 0.486 e. The van der Waals surface area contributed by atoms with Gasteiger partial charge in [0.25, 0.3) is 0 Å². The van der Waals surface area contributed by atoms with E-state index in [-0.39, 0.29) is 24.5 Å². The number of sulfonamides is 1. The molecule has 2 heterocycles. The van der Waals surface area contributed by atoms with Gasteiger partial charge in [-0.15, -0.1) is 0 Å². The van der Waals surface area contributed by atoms with Gasteiger partial charge in [0, 0.05) is 19.2 Å². The molecule has 0 bridgehead atoms. The molecule has 0 aliphatic carbocycles. The van der Waals surface area contributed by atoms with E-state index in [1.165, 1.54) is 16.4 Å². The zero-order valence-electron chi connectivity index (χ0n) is 17.9. The van der Waals surface area contributed by atoms with Crippen LogP contribution >= 0.6 is 0 Å². The minimum atomic E-state index is -3.94. The molecule has 0 unspecified atom stereocenters. The Balaban J connectivity index is 1.38. The van der Waals surface area contributed by atoms with Gasteiger partial charge in [-0.05, 0) is 24.1 Å². The third-order valence-electron chi connectivity index (χ3n) is 5.21. The molecule has 1 saturated heterocycles. The molecule has 0 spiro atoms. The molecule has 2 aromatic carbocycles. The molecule has 2 amide bonds. The standard InChI is InChI=1S/C22H25N3O7S/c26-21(23-14-16-5-2-1-3-6-16)22(27)24-15-20-25(9-4-10-32-20)33(28,29)17-7-8-18-19(13-17)31-12-11-30-18/h1-3,5-8,13,20H,4,9-12,14-15H2,(H,23,26)(H,24,27)/t20-/m1/s1. The van der Waals surface area contributed by atoms with Crippen LogP contribution in [0.5, 0.6) is 11.5 Å². The third kappa shape index (κ3) is 5.44. The molecule has 0 saturated carbocycles. The minimum Gasteiger partial charge on any atom is -0.486 e. The van der Waals surface area contributed by atoms with Gasteiger partial charge in [0.2, 0.25) is 10.0 Å². The van der Waals surface area contributed by atoms with Gasteiger partial charge in [-0.3, -0.25) is 9.59 Å². The van der Waals surface area contributed by atoms with Crippen molar-refractivity contribution in [3.63, 3.8) is 0 Å². The molecule has 2 aromatic rings. The van der Waals surface area contributed by atoms with Crippen LogP contribution in [0.3, 0.4) is 0 Å². The van der Waals surface area contributed by atoms with Crippen molar-refractivity contribution in [2.24, 2.45) is 0 Å². The summed E-state index contributed by atoms with van der Waals surface area (Å²) < 4.78 is 44.3. The summed E-state index contributed by atoms with van der Waals surface area (Å²) in [6, 6.07) is 13.6.